The van der Waals surface area contributed by atoms with Gasteiger partial charge in [0.05, 0.1) is 29.2 Å². The number of rotatable bonds is 9. The number of para-hydroxylation sites is 1. The predicted octanol–water partition coefficient (Wildman–Crippen LogP) is 5.36. The molecule has 32 heavy (non-hydrogen) atoms. The van der Waals surface area contributed by atoms with Crippen LogP contribution in [0.2, 0.25) is 5.02 Å². The van der Waals surface area contributed by atoms with Crippen molar-refractivity contribution in [1.29, 1.82) is 0 Å². The van der Waals surface area contributed by atoms with Gasteiger partial charge in [0, 0.05) is 36.1 Å². The monoisotopic (exact) mass is 489 g/mol. The van der Waals surface area contributed by atoms with Gasteiger partial charge < -0.3 is 4.74 Å². The summed E-state index contributed by atoms with van der Waals surface area (Å²) in [6.07, 6.45) is 1.84. The topological polar surface area (TPSA) is 45.7 Å². The van der Waals surface area contributed by atoms with Crippen LogP contribution in [0, 0.1) is 0 Å². The molecule has 2 aromatic carbocycles. The molecule has 0 atom stereocenters. The first-order chi connectivity index (χ1) is 15.6. The van der Waals surface area contributed by atoms with Crippen LogP contribution in [0.5, 0.6) is 0 Å². The molecule has 1 saturated heterocycles. The lowest BCUT2D eigenvalue weighted by Gasteiger charge is -2.27. The van der Waals surface area contributed by atoms with E-state index in [1.165, 1.54) is 17.3 Å². The van der Waals surface area contributed by atoms with E-state index in [4.69, 9.17) is 21.3 Å². The number of carbonyl (C=O) groups excluding carboxylic acids is 1. The Morgan fingerprint density at radius 2 is 2.00 bits per heavy atom. The summed E-state index contributed by atoms with van der Waals surface area (Å²) in [5.74, 6) is 0.458. The molecule has 1 aliphatic heterocycles. The normalized spacial score (nSPS) is 14.7. The first-order valence-corrected chi connectivity index (χ1v) is 13.2. The highest BCUT2D eigenvalue weighted by atomic mass is 35.5. The van der Waals surface area contributed by atoms with Gasteiger partial charge in [-0.2, -0.15) is 0 Å². The fourth-order valence-electron chi connectivity index (χ4n) is 3.75. The first-order valence-electron chi connectivity index (χ1n) is 11.0. The van der Waals surface area contributed by atoms with E-state index in [1.54, 1.807) is 11.3 Å². The van der Waals surface area contributed by atoms with Crippen LogP contribution in [-0.4, -0.2) is 60.9 Å². The van der Waals surface area contributed by atoms with Gasteiger partial charge in [0.2, 0.25) is 5.91 Å². The van der Waals surface area contributed by atoms with Crippen LogP contribution in [0.4, 0.5) is 5.13 Å². The third kappa shape index (κ3) is 6.02. The fraction of sp³-hybridized carbons (Fsp3) is 0.417. The van der Waals surface area contributed by atoms with Crippen molar-refractivity contribution in [1.82, 2.24) is 9.88 Å². The molecule has 1 aliphatic rings. The van der Waals surface area contributed by atoms with Crippen LogP contribution in [-0.2, 0) is 16.0 Å². The Morgan fingerprint density at radius 3 is 2.75 bits per heavy atom. The molecule has 8 heteroatoms. The second-order valence-electron chi connectivity index (χ2n) is 7.71. The number of nitrogens with zero attached hydrogens (tertiary/aromatic N) is 3. The molecule has 170 valence electrons. The Balaban J connectivity index is 1.48. The lowest BCUT2D eigenvalue weighted by Crippen LogP contribution is -2.39. The molecule has 3 aromatic rings. The maximum atomic E-state index is 13.3. The minimum Gasteiger partial charge on any atom is -0.379 e. The number of anilines is 1. The van der Waals surface area contributed by atoms with Gasteiger partial charge in [0.25, 0.3) is 0 Å². The van der Waals surface area contributed by atoms with Gasteiger partial charge in [0.15, 0.2) is 5.13 Å². The maximum Gasteiger partial charge on any atom is 0.239 e. The number of benzene rings is 2. The van der Waals surface area contributed by atoms with Gasteiger partial charge in [0.1, 0.15) is 0 Å². The van der Waals surface area contributed by atoms with Gasteiger partial charge in [-0.05, 0) is 48.7 Å². The highest BCUT2D eigenvalue weighted by Gasteiger charge is 2.21. The molecule has 0 saturated carbocycles. The quantitative estimate of drug-likeness (QED) is 0.378. The summed E-state index contributed by atoms with van der Waals surface area (Å²) < 4.78 is 6.58. The maximum absolute atomic E-state index is 13.3. The van der Waals surface area contributed by atoms with Crippen LogP contribution in [0.1, 0.15) is 18.9 Å². The van der Waals surface area contributed by atoms with E-state index in [0.717, 1.165) is 65.9 Å². The van der Waals surface area contributed by atoms with Gasteiger partial charge in [-0.1, -0.05) is 42.0 Å². The number of hydrogen-bond donors (Lipinski definition) is 0. The van der Waals surface area contributed by atoms with E-state index in [1.807, 2.05) is 29.2 Å². The number of ether oxygens (including phenoxy) is 1. The zero-order valence-electron chi connectivity index (χ0n) is 18.3. The third-order valence-electron chi connectivity index (χ3n) is 5.54. The third-order valence-corrected chi connectivity index (χ3v) is 7.83. The average molecular weight is 490 g/mol. The van der Waals surface area contributed by atoms with Gasteiger partial charge >= 0.3 is 0 Å². The molecule has 0 radical (unpaired) electrons. The minimum absolute atomic E-state index is 0.0871. The Kier molecular flexibility index (Phi) is 8.43. The van der Waals surface area contributed by atoms with Crippen molar-refractivity contribution in [2.75, 3.05) is 50.0 Å². The van der Waals surface area contributed by atoms with Crippen LogP contribution < -0.4 is 4.90 Å². The van der Waals surface area contributed by atoms with Crippen molar-refractivity contribution in [3.05, 3.63) is 53.1 Å². The van der Waals surface area contributed by atoms with E-state index in [-0.39, 0.29) is 5.91 Å². The van der Waals surface area contributed by atoms with Crippen molar-refractivity contribution in [2.45, 2.75) is 24.7 Å². The van der Waals surface area contributed by atoms with E-state index >= 15 is 0 Å². The van der Waals surface area contributed by atoms with Crippen LogP contribution in [0.15, 0.2) is 47.4 Å². The molecule has 1 fully saturated rings. The molecule has 2 heterocycles. The fourth-order valence-corrected chi connectivity index (χ4v) is 5.71. The van der Waals surface area contributed by atoms with E-state index < -0.39 is 0 Å². The number of amides is 1. The summed E-state index contributed by atoms with van der Waals surface area (Å²) in [4.78, 5) is 23.5. The molecule has 4 rings (SSSR count). The Labute approximate surface area is 202 Å². The number of aryl methyl sites for hydroxylation is 1. The number of fused-ring (bicyclic) bond motifs is 1. The van der Waals surface area contributed by atoms with Gasteiger partial charge in [-0.15, -0.1) is 11.8 Å². The SMILES string of the molecule is CCc1cccc2sc(N(CCCN3CCOCC3)C(=O)CSc3ccc(Cl)cc3)nc12. The molecule has 0 aliphatic carbocycles. The van der Waals surface area contributed by atoms with Gasteiger partial charge in [-0.3, -0.25) is 14.6 Å². The zero-order chi connectivity index (χ0) is 22.3. The molecule has 0 bridgehead atoms. The van der Waals surface area contributed by atoms with E-state index in [9.17, 15) is 4.79 Å². The molecule has 1 amide bonds. The number of morpholine rings is 1. The van der Waals surface area contributed by atoms with Crippen LogP contribution >= 0.6 is 34.7 Å². The van der Waals surface area contributed by atoms with Crippen molar-refractivity contribution in [3.63, 3.8) is 0 Å². The van der Waals surface area contributed by atoms with Crippen molar-refractivity contribution < 1.29 is 9.53 Å². The van der Waals surface area contributed by atoms with E-state index in [2.05, 4.69) is 30.0 Å². The molecule has 1 aromatic heterocycles. The lowest BCUT2D eigenvalue weighted by molar-refractivity contribution is -0.116. The molecular weight excluding hydrogens is 462 g/mol. The van der Waals surface area contributed by atoms with Crippen molar-refractivity contribution in [3.8, 4) is 0 Å². The van der Waals surface area contributed by atoms with Gasteiger partial charge in [-0.25, -0.2) is 4.98 Å². The van der Waals surface area contributed by atoms with Crippen molar-refractivity contribution in [2.24, 2.45) is 0 Å². The second-order valence-corrected chi connectivity index (χ2v) is 10.2. The van der Waals surface area contributed by atoms with Crippen LogP contribution in [0.3, 0.4) is 0 Å². The molecule has 0 unspecified atom stereocenters. The van der Waals surface area contributed by atoms with E-state index in [0.29, 0.717) is 17.3 Å². The van der Waals surface area contributed by atoms with Crippen molar-refractivity contribution >= 4 is 56.0 Å². The summed E-state index contributed by atoms with van der Waals surface area (Å²) in [6.45, 7) is 7.27. The number of halogens is 1. The standard InChI is InChI=1S/C24H28ClN3O2S2/c1-2-18-5-3-6-21-23(18)26-24(32-21)28(12-4-11-27-13-15-30-16-14-27)22(29)17-31-20-9-7-19(25)8-10-20/h3,5-10H,2,4,11-17H2,1H3. The number of thiazole rings is 1. The number of hydrogen-bond acceptors (Lipinski definition) is 6. The Bertz CT molecular complexity index is 1040. The summed E-state index contributed by atoms with van der Waals surface area (Å²) in [6, 6.07) is 13.9. The summed E-state index contributed by atoms with van der Waals surface area (Å²) >= 11 is 9.13. The zero-order valence-corrected chi connectivity index (χ0v) is 20.6. The van der Waals surface area contributed by atoms with Crippen LogP contribution in [0.25, 0.3) is 10.2 Å². The summed E-state index contributed by atoms with van der Waals surface area (Å²) in [7, 11) is 0. The Morgan fingerprint density at radius 1 is 1.22 bits per heavy atom. The summed E-state index contributed by atoms with van der Waals surface area (Å²) in [5, 5.41) is 1.50. The average Bonchev–Trinajstić information content (AvgIpc) is 3.26. The predicted molar refractivity (Wildman–Crippen MR) is 135 cm³/mol. The molecule has 5 nitrogen and oxygen atoms in total. The highest BCUT2D eigenvalue weighted by Crippen LogP contribution is 2.32. The molecule has 0 spiro atoms. The number of thioether (sulfide) groups is 1. The lowest BCUT2D eigenvalue weighted by atomic mass is 10.1. The highest BCUT2D eigenvalue weighted by molar-refractivity contribution is 8.00. The second kappa shape index (κ2) is 11.5. The molecule has 0 N–H and O–H groups in total. The Hall–Kier alpha value is -1.64. The number of carbonyl (C=O) groups is 1. The minimum atomic E-state index is 0.0871. The summed E-state index contributed by atoms with van der Waals surface area (Å²) in [5.41, 5.74) is 2.24. The first kappa shape index (κ1) is 23.5. The number of aromatic nitrogens is 1. The molecular formula is C24H28ClN3O2S2. The largest absolute Gasteiger partial charge is 0.379 e. The smallest absolute Gasteiger partial charge is 0.239 e.